The monoisotopic (exact) mass is 442 g/mol. The summed E-state index contributed by atoms with van der Waals surface area (Å²) in [7, 11) is 3.92. The number of benzene rings is 3. The van der Waals surface area contributed by atoms with Crippen LogP contribution >= 0.6 is 0 Å². The smallest absolute Gasteiger partial charge is 0.290 e. The molecule has 0 aliphatic carbocycles. The molecule has 1 amide bonds. The molecule has 4 aromatic rings. The van der Waals surface area contributed by atoms with Crippen molar-refractivity contribution in [3.05, 3.63) is 87.8 Å². The predicted octanol–water partition coefficient (Wildman–Crippen LogP) is 4.45. The lowest BCUT2D eigenvalue weighted by atomic mass is 9.97. The summed E-state index contributed by atoms with van der Waals surface area (Å²) in [6.07, 6.45) is 0. The van der Waals surface area contributed by atoms with Crippen LogP contribution < -0.4 is 10.2 Å². The lowest BCUT2D eigenvalue weighted by Gasteiger charge is -2.26. The van der Waals surface area contributed by atoms with Crippen LogP contribution in [-0.4, -0.2) is 49.5 Å². The zero-order valence-electron chi connectivity index (χ0n) is 19.0. The van der Waals surface area contributed by atoms with E-state index in [4.69, 9.17) is 9.15 Å². The highest BCUT2D eigenvalue weighted by Crippen LogP contribution is 2.39. The van der Waals surface area contributed by atoms with Gasteiger partial charge in [-0.2, -0.15) is 0 Å². The van der Waals surface area contributed by atoms with Crippen LogP contribution in [0.1, 0.15) is 34.6 Å². The number of nitrogens with zero attached hydrogens (tertiary/aromatic N) is 2. The highest BCUT2D eigenvalue weighted by Gasteiger charge is 2.42. The standard InChI is InChI=1S/C27H26N2O4/c1-4-32-19-12-9-18(10-13-19)23-22-24(30)21-14-11-17-7-5-6-8-20(17)25(21)33-26(22)27(31)29(23)16-15-28(2)3/h5-14,23H,4,15-16H2,1-3H3. The van der Waals surface area contributed by atoms with Crippen molar-refractivity contribution in [2.24, 2.45) is 0 Å². The summed E-state index contributed by atoms with van der Waals surface area (Å²) in [6, 6.07) is 18.5. The Morgan fingerprint density at radius 1 is 0.970 bits per heavy atom. The summed E-state index contributed by atoms with van der Waals surface area (Å²) in [6.45, 7) is 3.65. The fourth-order valence-corrected chi connectivity index (χ4v) is 4.55. The molecule has 0 spiro atoms. The SMILES string of the molecule is CCOc1ccc(C2c3c(oc4c(ccc5ccccc54)c3=O)C(=O)N2CCN(C)C)cc1. The summed E-state index contributed by atoms with van der Waals surface area (Å²) in [5.74, 6) is 0.641. The van der Waals surface area contributed by atoms with Gasteiger partial charge in [-0.25, -0.2) is 0 Å². The van der Waals surface area contributed by atoms with Crippen LogP contribution in [0.5, 0.6) is 5.75 Å². The van der Waals surface area contributed by atoms with E-state index in [1.165, 1.54) is 0 Å². The molecular weight excluding hydrogens is 416 g/mol. The van der Waals surface area contributed by atoms with E-state index in [0.29, 0.717) is 36.2 Å². The Morgan fingerprint density at radius 3 is 2.45 bits per heavy atom. The second-order valence-corrected chi connectivity index (χ2v) is 8.54. The maximum atomic E-state index is 13.8. The first-order valence-electron chi connectivity index (χ1n) is 11.2. The zero-order chi connectivity index (χ0) is 23.1. The minimum atomic E-state index is -0.504. The summed E-state index contributed by atoms with van der Waals surface area (Å²) in [5, 5.41) is 2.28. The maximum absolute atomic E-state index is 13.8. The number of amides is 1. The molecule has 1 atom stereocenters. The molecule has 0 radical (unpaired) electrons. The fourth-order valence-electron chi connectivity index (χ4n) is 4.55. The Labute approximate surface area is 192 Å². The lowest BCUT2D eigenvalue weighted by Crippen LogP contribution is -2.35. The minimum Gasteiger partial charge on any atom is -0.494 e. The van der Waals surface area contributed by atoms with Crippen LogP contribution in [0.3, 0.4) is 0 Å². The van der Waals surface area contributed by atoms with Gasteiger partial charge in [0.25, 0.3) is 5.91 Å². The second kappa shape index (κ2) is 8.37. The molecule has 3 aromatic carbocycles. The third kappa shape index (κ3) is 3.56. The van der Waals surface area contributed by atoms with Crippen molar-refractivity contribution >= 4 is 27.6 Å². The van der Waals surface area contributed by atoms with Gasteiger partial charge in [-0.05, 0) is 50.2 Å². The van der Waals surface area contributed by atoms with E-state index in [-0.39, 0.29) is 17.1 Å². The van der Waals surface area contributed by atoms with E-state index in [1.54, 1.807) is 11.0 Å². The molecule has 0 bridgehead atoms. The van der Waals surface area contributed by atoms with Crippen molar-refractivity contribution in [3.63, 3.8) is 0 Å². The molecule has 168 valence electrons. The molecule has 6 nitrogen and oxygen atoms in total. The Morgan fingerprint density at radius 2 is 1.73 bits per heavy atom. The highest BCUT2D eigenvalue weighted by atomic mass is 16.5. The van der Waals surface area contributed by atoms with Crippen molar-refractivity contribution in [1.29, 1.82) is 0 Å². The minimum absolute atomic E-state index is 0.140. The number of hydrogen-bond acceptors (Lipinski definition) is 5. The van der Waals surface area contributed by atoms with Crippen molar-refractivity contribution in [2.45, 2.75) is 13.0 Å². The second-order valence-electron chi connectivity index (χ2n) is 8.54. The first-order valence-corrected chi connectivity index (χ1v) is 11.2. The fraction of sp³-hybridized carbons (Fsp3) is 0.259. The van der Waals surface area contributed by atoms with Crippen molar-refractivity contribution in [3.8, 4) is 5.75 Å². The van der Waals surface area contributed by atoms with Gasteiger partial charge in [0, 0.05) is 18.5 Å². The van der Waals surface area contributed by atoms with Gasteiger partial charge in [-0.3, -0.25) is 9.59 Å². The molecular formula is C27H26N2O4. The maximum Gasteiger partial charge on any atom is 0.290 e. The van der Waals surface area contributed by atoms with Gasteiger partial charge < -0.3 is 19.0 Å². The average Bonchev–Trinajstić information content (AvgIpc) is 3.10. The molecule has 1 aliphatic heterocycles. The third-order valence-electron chi connectivity index (χ3n) is 6.15. The van der Waals surface area contributed by atoms with Gasteiger partial charge in [-0.15, -0.1) is 0 Å². The van der Waals surface area contributed by atoms with Gasteiger partial charge >= 0.3 is 0 Å². The largest absolute Gasteiger partial charge is 0.494 e. The van der Waals surface area contributed by atoms with Crippen molar-refractivity contribution < 1.29 is 13.9 Å². The van der Waals surface area contributed by atoms with E-state index in [9.17, 15) is 9.59 Å². The van der Waals surface area contributed by atoms with E-state index in [0.717, 1.165) is 22.1 Å². The molecule has 33 heavy (non-hydrogen) atoms. The van der Waals surface area contributed by atoms with Gasteiger partial charge in [0.2, 0.25) is 5.76 Å². The molecule has 2 heterocycles. The van der Waals surface area contributed by atoms with Crippen molar-refractivity contribution in [2.75, 3.05) is 33.8 Å². The van der Waals surface area contributed by atoms with Gasteiger partial charge in [0.1, 0.15) is 11.3 Å². The van der Waals surface area contributed by atoms with E-state index < -0.39 is 6.04 Å². The van der Waals surface area contributed by atoms with E-state index in [2.05, 4.69) is 0 Å². The Hall–Kier alpha value is -3.64. The summed E-state index contributed by atoms with van der Waals surface area (Å²) in [4.78, 5) is 31.1. The Balaban J connectivity index is 1.72. The zero-order valence-corrected chi connectivity index (χ0v) is 19.0. The molecule has 0 fully saturated rings. The summed E-state index contributed by atoms with van der Waals surface area (Å²) >= 11 is 0. The van der Waals surface area contributed by atoms with Crippen LogP contribution in [0.2, 0.25) is 0 Å². The number of carbonyl (C=O) groups excluding carboxylic acids is 1. The van der Waals surface area contributed by atoms with Crippen LogP contribution in [0.15, 0.2) is 69.9 Å². The molecule has 0 N–H and O–H groups in total. The quantitative estimate of drug-likeness (QED) is 0.413. The Kier molecular flexibility index (Phi) is 5.38. The van der Waals surface area contributed by atoms with Crippen molar-refractivity contribution in [1.82, 2.24) is 9.80 Å². The molecule has 6 heteroatoms. The van der Waals surface area contributed by atoms with E-state index in [1.807, 2.05) is 80.5 Å². The molecule has 5 rings (SSSR count). The van der Waals surface area contributed by atoms with Gasteiger partial charge in [-0.1, -0.05) is 42.5 Å². The lowest BCUT2D eigenvalue weighted by molar-refractivity contribution is 0.0716. The first-order chi connectivity index (χ1) is 16.0. The van der Waals surface area contributed by atoms with Crippen LogP contribution in [-0.2, 0) is 0 Å². The number of carbonyl (C=O) groups is 1. The number of hydrogen-bond donors (Lipinski definition) is 0. The molecule has 1 aromatic heterocycles. The van der Waals surface area contributed by atoms with Crippen LogP contribution in [0, 0.1) is 0 Å². The number of rotatable bonds is 6. The van der Waals surface area contributed by atoms with Crippen LogP contribution in [0.25, 0.3) is 21.7 Å². The summed E-state index contributed by atoms with van der Waals surface area (Å²) in [5.41, 5.74) is 1.57. The Bertz CT molecular complexity index is 1410. The topological polar surface area (TPSA) is 63.0 Å². The van der Waals surface area contributed by atoms with Crippen LogP contribution in [0.4, 0.5) is 0 Å². The summed E-state index contributed by atoms with van der Waals surface area (Å²) < 4.78 is 11.8. The van der Waals surface area contributed by atoms with Gasteiger partial charge in [0.15, 0.2) is 5.43 Å². The predicted molar refractivity (Wildman–Crippen MR) is 129 cm³/mol. The molecule has 1 unspecified atom stereocenters. The van der Waals surface area contributed by atoms with E-state index >= 15 is 0 Å². The number of ether oxygens (including phenoxy) is 1. The highest BCUT2D eigenvalue weighted by molar-refractivity contribution is 6.06. The third-order valence-corrected chi connectivity index (χ3v) is 6.15. The molecule has 0 saturated carbocycles. The number of fused-ring (bicyclic) bond motifs is 4. The number of likely N-dealkylation sites (N-methyl/N-ethyl adjacent to an activating group) is 1. The molecule has 0 saturated heterocycles. The molecule has 1 aliphatic rings. The van der Waals surface area contributed by atoms with Gasteiger partial charge in [0.05, 0.1) is 23.6 Å². The normalized spacial score (nSPS) is 15.6. The average molecular weight is 443 g/mol. The first kappa shape index (κ1) is 21.2.